The quantitative estimate of drug-likeness (QED) is 0.551. The highest BCUT2D eigenvalue weighted by Crippen LogP contribution is 2.22. The third kappa shape index (κ3) is 3.89. The zero-order valence-electron chi connectivity index (χ0n) is 10.8. The SMILES string of the molecule is C=Cc1ccc(C(=O)OC)cc1OCCCOC. The summed E-state index contributed by atoms with van der Waals surface area (Å²) in [4.78, 5) is 11.4. The van der Waals surface area contributed by atoms with Gasteiger partial charge in [0.15, 0.2) is 0 Å². The molecule has 18 heavy (non-hydrogen) atoms. The van der Waals surface area contributed by atoms with E-state index in [1.807, 2.05) is 0 Å². The number of esters is 1. The maximum Gasteiger partial charge on any atom is 0.337 e. The van der Waals surface area contributed by atoms with E-state index in [2.05, 4.69) is 11.3 Å². The highest BCUT2D eigenvalue weighted by molar-refractivity contribution is 5.90. The van der Waals surface area contributed by atoms with E-state index in [-0.39, 0.29) is 5.97 Å². The van der Waals surface area contributed by atoms with Gasteiger partial charge in [-0.2, -0.15) is 0 Å². The van der Waals surface area contributed by atoms with E-state index in [4.69, 9.17) is 9.47 Å². The van der Waals surface area contributed by atoms with E-state index < -0.39 is 0 Å². The lowest BCUT2D eigenvalue weighted by molar-refractivity contribution is 0.0600. The minimum atomic E-state index is -0.382. The number of ether oxygens (including phenoxy) is 3. The van der Waals surface area contributed by atoms with Crippen LogP contribution in [0.25, 0.3) is 6.08 Å². The second-order valence-electron chi connectivity index (χ2n) is 3.64. The second kappa shape index (κ2) is 7.50. The number of hydrogen-bond acceptors (Lipinski definition) is 4. The Hall–Kier alpha value is -1.81. The van der Waals surface area contributed by atoms with Crippen molar-refractivity contribution in [3.63, 3.8) is 0 Å². The van der Waals surface area contributed by atoms with Gasteiger partial charge in [0.25, 0.3) is 0 Å². The van der Waals surface area contributed by atoms with Crippen molar-refractivity contribution in [3.8, 4) is 5.75 Å². The van der Waals surface area contributed by atoms with Crippen LogP contribution in [0.1, 0.15) is 22.3 Å². The maximum absolute atomic E-state index is 11.4. The van der Waals surface area contributed by atoms with Crippen LogP contribution in [0, 0.1) is 0 Å². The molecule has 0 aliphatic carbocycles. The van der Waals surface area contributed by atoms with Crippen LogP contribution in [0.4, 0.5) is 0 Å². The molecule has 0 saturated heterocycles. The predicted octanol–water partition coefficient (Wildman–Crippen LogP) is 2.53. The molecule has 4 heteroatoms. The number of carbonyl (C=O) groups excluding carboxylic acids is 1. The molecule has 0 heterocycles. The Balaban J connectivity index is 2.78. The normalized spacial score (nSPS) is 9.89. The summed E-state index contributed by atoms with van der Waals surface area (Å²) in [6.45, 7) is 4.88. The Bertz CT molecular complexity index is 412. The molecule has 98 valence electrons. The summed E-state index contributed by atoms with van der Waals surface area (Å²) in [5, 5.41) is 0. The molecule has 0 aliphatic heterocycles. The van der Waals surface area contributed by atoms with Crippen LogP contribution in [0.2, 0.25) is 0 Å². The molecular formula is C14H18O4. The van der Waals surface area contributed by atoms with Crippen LogP contribution in [-0.4, -0.2) is 33.4 Å². The van der Waals surface area contributed by atoms with Gasteiger partial charge in [-0.3, -0.25) is 0 Å². The minimum absolute atomic E-state index is 0.382. The van der Waals surface area contributed by atoms with Crippen molar-refractivity contribution in [1.29, 1.82) is 0 Å². The van der Waals surface area contributed by atoms with Gasteiger partial charge in [0, 0.05) is 25.7 Å². The van der Waals surface area contributed by atoms with Gasteiger partial charge in [0.2, 0.25) is 0 Å². The van der Waals surface area contributed by atoms with Gasteiger partial charge in [-0.05, 0) is 12.1 Å². The third-order valence-corrected chi connectivity index (χ3v) is 2.40. The van der Waals surface area contributed by atoms with Crippen molar-refractivity contribution >= 4 is 12.0 Å². The Morgan fingerprint density at radius 2 is 2.11 bits per heavy atom. The lowest BCUT2D eigenvalue weighted by Gasteiger charge is -2.10. The molecule has 0 aromatic heterocycles. The number of rotatable bonds is 7. The van der Waals surface area contributed by atoms with Crippen LogP contribution in [0.3, 0.4) is 0 Å². The summed E-state index contributed by atoms with van der Waals surface area (Å²) >= 11 is 0. The summed E-state index contributed by atoms with van der Waals surface area (Å²) in [5.41, 5.74) is 1.31. The molecule has 0 atom stereocenters. The first-order valence-electron chi connectivity index (χ1n) is 5.69. The molecular weight excluding hydrogens is 232 g/mol. The number of hydrogen-bond donors (Lipinski definition) is 0. The Morgan fingerprint density at radius 1 is 1.33 bits per heavy atom. The van der Waals surface area contributed by atoms with Gasteiger partial charge in [0.1, 0.15) is 5.75 Å². The Labute approximate surface area is 107 Å². The molecule has 1 rings (SSSR count). The highest BCUT2D eigenvalue weighted by Gasteiger charge is 2.09. The first-order valence-corrected chi connectivity index (χ1v) is 5.69. The van der Waals surface area contributed by atoms with Crippen LogP contribution in [-0.2, 0) is 9.47 Å². The summed E-state index contributed by atoms with van der Waals surface area (Å²) in [6.07, 6.45) is 2.47. The maximum atomic E-state index is 11.4. The van der Waals surface area contributed by atoms with Crippen molar-refractivity contribution < 1.29 is 19.0 Å². The largest absolute Gasteiger partial charge is 0.493 e. The van der Waals surface area contributed by atoms with Crippen molar-refractivity contribution in [1.82, 2.24) is 0 Å². The minimum Gasteiger partial charge on any atom is -0.493 e. The molecule has 0 saturated carbocycles. The lowest BCUT2D eigenvalue weighted by atomic mass is 10.1. The van der Waals surface area contributed by atoms with Crippen LogP contribution < -0.4 is 4.74 Å². The molecule has 0 unspecified atom stereocenters. The van der Waals surface area contributed by atoms with E-state index in [1.165, 1.54) is 7.11 Å². The van der Waals surface area contributed by atoms with Crippen LogP contribution in [0.15, 0.2) is 24.8 Å². The van der Waals surface area contributed by atoms with Crippen molar-refractivity contribution in [3.05, 3.63) is 35.9 Å². The molecule has 0 bridgehead atoms. The Kier molecular flexibility index (Phi) is 5.94. The molecule has 0 radical (unpaired) electrons. The predicted molar refractivity (Wildman–Crippen MR) is 69.9 cm³/mol. The molecule has 0 N–H and O–H groups in total. The standard InChI is InChI=1S/C14H18O4/c1-4-11-6-7-12(14(15)17-3)10-13(11)18-9-5-8-16-2/h4,6-7,10H,1,5,8-9H2,2-3H3. The van der Waals surface area contributed by atoms with Gasteiger partial charge >= 0.3 is 5.97 Å². The van der Waals surface area contributed by atoms with Crippen molar-refractivity contribution in [2.75, 3.05) is 27.4 Å². The first kappa shape index (κ1) is 14.3. The average Bonchev–Trinajstić information content (AvgIpc) is 2.42. The molecule has 0 amide bonds. The van der Waals surface area contributed by atoms with Gasteiger partial charge < -0.3 is 14.2 Å². The Morgan fingerprint density at radius 3 is 2.72 bits per heavy atom. The smallest absolute Gasteiger partial charge is 0.337 e. The summed E-state index contributed by atoms with van der Waals surface area (Å²) in [5.74, 6) is 0.247. The summed E-state index contributed by atoms with van der Waals surface area (Å²) < 4.78 is 15.2. The highest BCUT2D eigenvalue weighted by atomic mass is 16.5. The monoisotopic (exact) mass is 250 g/mol. The van der Waals surface area contributed by atoms with E-state index in [0.29, 0.717) is 24.5 Å². The number of carbonyl (C=O) groups is 1. The number of benzene rings is 1. The van der Waals surface area contributed by atoms with Gasteiger partial charge in [-0.15, -0.1) is 0 Å². The molecule has 4 nitrogen and oxygen atoms in total. The molecule has 0 spiro atoms. The van der Waals surface area contributed by atoms with Crippen LogP contribution in [0.5, 0.6) is 5.75 Å². The van der Waals surface area contributed by atoms with E-state index >= 15 is 0 Å². The van der Waals surface area contributed by atoms with Gasteiger partial charge in [0.05, 0.1) is 19.3 Å². The first-order chi connectivity index (χ1) is 8.72. The average molecular weight is 250 g/mol. The molecule has 0 fully saturated rings. The summed E-state index contributed by atoms with van der Waals surface area (Å²) in [6, 6.07) is 5.13. The topological polar surface area (TPSA) is 44.8 Å². The van der Waals surface area contributed by atoms with Gasteiger partial charge in [-0.1, -0.05) is 18.7 Å². The summed E-state index contributed by atoms with van der Waals surface area (Å²) in [7, 11) is 3.00. The fraction of sp³-hybridized carbons (Fsp3) is 0.357. The second-order valence-corrected chi connectivity index (χ2v) is 3.64. The zero-order chi connectivity index (χ0) is 13.4. The van der Waals surface area contributed by atoms with E-state index in [9.17, 15) is 4.79 Å². The van der Waals surface area contributed by atoms with Crippen LogP contribution >= 0.6 is 0 Å². The van der Waals surface area contributed by atoms with Crippen molar-refractivity contribution in [2.24, 2.45) is 0 Å². The van der Waals surface area contributed by atoms with E-state index in [0.717, 1.165) is 12.0 Å². The molecule has 0 aliphatic rings. The van der Waals surface area contributed by atoms with Crippen molar-refractivity contribution in [2.45, 2.75) is 6.42 Å². The van der Waals surface area contributed by atoms with E-state index in [1.54, 1.807) is 31.4 Å². The fourth-order valence-corrected chi connectivity index (χ4v) is 1.46. The number of methoxy groups -OCH3 is 2. The zero-order valence-corrected chi connectivity index (χ0v) is 10.8. The fourth-order valence-electron chi connectivity index (χ4n) is 1.46. The van der Waals surface area contributed by atoms with Gasteiger partial charge in [-0.25, -0.2) is 4.79 Å². The lowest BCUT2D eigenvalue weighted by Crippen LogP contribution is -2.05. The molecule has 1 aromatic carbocycles. The molecule has 1 aromatic rings. The third-order valence-electron chi connectivity index (χ3n) is 2.40.